The van der Waals surface area contributed by atoms with Crippen molar-refractivity contribution in [3.05, 3.63) is 29.7 Å². The van der Waals surface area contributed by atoms with Gasteiger partial charge in [-0.25, -0.2) is 19.6 Å². The summed E-state index contributed by atoms with van der Waals surface area (Å²) in [7, 11) is 0. The third kappa shape index (κ3) is 3.56. The lowest BCUT2D eigenvalue weighted by Crippen LogP contribution is -2.54. The zero-order valence-electron chi connectivity index (χ0n) is 17.9. The number of nitrogens with one attached hydrogen (secondary N) is 1. The lowest BCUT2D eigenvalue weighted by molar-refractivity contribution is -0.127. The Balaban J connectivity index is 1.26. The molecule has 160 valence electrons. The van der Waals surface area contributed by atoms with Crippen LogP contribution in [0.25, 0.3) is 0 Å². The molecular formula is C22H31N7O. The van der Waals surface area contributed by atoms with E-state index in [1.807, 2.05) is 17.8 Å². The van der Waals surface area contributed by atoms with Crippen LogP contribution in [0.2, 0.25) is 0 Å². The van der Waals surface area contributed by atoms with Gasteiger partial charge >= 0.3 is 0 Å². The van der Waals surface area contributed by atoms with E-state index < -0.39 is 0 Å². The fraction of sp³-hybridized carbons (Fsp3) is 0.682. The summed E-state index contributed by atoms with van der Waals surface area (Å²) in [6.07, 6.45) is 9.73. The van der Waals surface area contributed by atoms with E-state index >= 15 is 0 Å². The summed E-state index contributed by atoms with van der Waals surface area (Å²) in [5, 5.41) is 7.70. The Bertz CT molecular complexity index is 912. The highest BCUT2D eigenvalue weighted by Crippen LogP contribution is 2.39. The molecule has 0 radical (unpaired) electrons. The van der Waals surface area contributed by atoms with Crippen LogP contribution in [0.4, 0.5) is 5.82 Å². The Kier molecular flexibility index (Phi) is 5.16. The van der Waals surface area contributed by atoms with Crippen molar-refractivity contribution in [2.75, 3.05) is 18.0 Å². The van der Waals surface area contributed by atoms with E-state index in [4.69, 9.17) is 4.98 Å². The van der Waals surface area contributed by atoms with Gasteiger partial charge in [0.05, 0.1) is 12.5 Å². The standard InChI is InChI=1S/C22H31N7O/c1-3-4-15-9-23-14(2)26-21(15)28-10-16-5-6-17(11-28)20(16)27-22(30)18-7-8-19-24-13-25-29(19)12-18/h9,13,16-18,20H,3-8,10-12H2,1-2H3,(H,27,30)/t16-,17+,18?,20?. The zero-order chi connectivity index (χ0) is 20.7. The Morgan fingerprint density at radius 3 is 2.73 bits per heavy atom. The molecule has 8 heteroatoms. The molecule has 5 rings (SSSR count). The summed E-state index contributed by atoms with van der Waals surface area (Å²) >= 11 is 0. The van der Waals surface area contributed by atoms with Crippen LogP contribution in [-0.4, -0.2) is 49.8 Å². The Morgan fingerprint density at radius 1 is 1.17 bits per heavy atom. The molecule has 0 aromatic carbocycles. The van der Waals surface area contributed by atoms with Crippen molar-refractivity contribution >= 4 is 11.7 Å². The molecular weight excluding hydrogens is 378 g/mol. The smallest absolute Gasteiger partial charge is 0.225 e. The predicted octanol–water partition coefficient (Wildman–Crippen LogP) is 1.92. The van der Waals surface area contributed by atoms with Gasteiger partial charge in [-0.15, -0.1) is 0 Å². The van der Waals surface area contributed by atoms with Gasteiger partial charge in [0, 0.05) is 37.3 Å². The van der Waals surface area contributed by atoms with Gasteiger partial charge in [-0.2, -0.15) is 5.10 Å². The first-order valence-corrected chi connectivity index (χ1v) is 11.4. The summed E-state index contributed by atoms with van der Waals surface area (Å²) in [6.45, 7) is 6.74. The molecule has 0 spiro atoms. The lowest BCUT2D eigenvalue weighted by atomic mass is 9.90. The molecule has 1 saturated heterocycles. The van der Waals surface area contributed by atoms with Crippen LogP contribution in [0.3, 0.4) is 0 Å². The van der Waals surface area contributed by atoms with Crippen molar-refractivity contribution in [3.63, 3.8) is 0 Å². The van der Waals surface area contributed by atoms with E-state index in [-0.39, 0.29) is 17.9 Å². The molecule has 2 aliphatic heterocycles. The van der Waals surface area contributed by atoms with E-state index in [0.717, 1.165) is 56.2 Å². The van der Waals surface area contributed by atoms with Gasteiger partial charge in [0.1, 0.15) is 23.8 Å². The van der Waals surface area contributed by atoms with Gasteiger partial charge in [-0.05, 0) is 44.4 Å². The number of hydrogen-bond acceptors (Lipinski definition) is 6. The summed E-state index contributed by atoms with van der Waals surface area (Å²) in [4.78, 5) is 29.0. The second kappa shape index (κ2) is 7.96. The SMILES string of the molecule is CCCc1cnc(C)nc1N1C[C@H]2CC[C@@H](C1)C2NC(=O)C1CCc2ncnn2C1. The van der Waals surface area contributed by atoms with Crippen molar-refractivity contribution in [1.29, 1.82) is 0 Å². The van der Waals surface area contributed by atoms with Crippen LogP contribution in [0.1, 0.15) is 49.8 Å². The third-order valence-corrected chi connectivity index (χ3v) is 7.10. The summed E-state index contributed by atoms with van der Waals surface area (Å²) in [6, 6.07) is 0.281. The number of amides is 1. The van der Waals surface area contributed by atoms with Gasteiger partial charge in [0.15, 0.2) is 0 Å². The molecule has 3 aliphatic rings. The Hall–Kier alpha value is -2.51. The van der Waals surface area contributed by atoms with Gasteiger partial charge < -0.3 is 10.2 Å². The largest absolute Gasteiger partial charge is 0.356 e. The van der Waals surface area contributed by atoms with Crippen molar-refractivity contribution in [3.8, 4) is 0 Å². The number of rotatable bonds is 5. The van der Waals surface area contributed by atoms with E-state index in [0.29, 0.717) is 18.4 Å². The van der Waals surface area contributed by atoms with Crippen LogP contribution >= 0.6 is 0 Å². The lowest BCUT2D eigenvalue weighted by Gasteiger charge is -2.40. The molecule has 1 N–H and O–H groups in total. The third-order valence-electron chi connectivity index (χ3n) is 7.10. The minimum Gasteiger partial charge on any atom is -0.356 e. The number of hydrogen-bond donors (Lipinski definition) is 1. The van der Waals surface area contributed by atoms with E-state index in [1.54, 1.807) is 6.33 Å². The van der Waals surface area contributed by atoms with Crippen LogP contribution in [0, 0.1) is 24.7 Å². The molecule has 4 heterocycles. The average Bonchev–Trinajstić information content (AvgIpc) is 3.29. The molecule has 1 amide bonds. The first-order valence-electron chi connectivity index (χ1n) is 11.4. The maximum Gasteiger partial charge on any atom is 0.225 e. The highest BCUT2D eigenvalue weighted by atomic mass is 16.2. The summed E-state index contributed by atoms with van der Waals surface area (Å²) < 4.78 is 1.89. The number of carbonyl (C=O) groups excluding carboxylic acids is 1. The first-order chi connectivity index (χ1) is 14.6. The van der Waals surface area contributed by atoms with Crippen LogP contribution in [0.15, 0.2) is 12.5 Å². The molecule has 4 atom stereocenters. The van der Waals surface area contributed by atoms with Gasteiger partial charge in [-0.1, -0.05) is 13.3 Å². The maximum atomic E-state index is 13.0. The molecule has 2 unspecified atom stereocenters. The molecule has 2 aromatic heterocycles. The predicted molar refractivity (Wildman–Crippen MR) is 113 cm³/mol. The highest BCUT2D eigenvalue weighted by molar-refractivity contribution is 5.79. The molecule has 2 fully saturated rings. The Labute approximate surface area is 177 Å². The normalized spacial score (nSPS) is 27.7. The second-order valence-corrected chi connectivity index (χ2v) is 9.15. The van der Waals surface area contributed by atoms with Gasteiger partial charge in [0.25, 0.3) is 0 Å². The van der Waals surface area contributed by atoms with Gasteiger partial charge in [-0.3, -0.25) is 4.79 Å². The van der Waals surface area contributed by atoms with Crippen molar-refractivity contribution in [2.24, 2.45) is 17.8 Å². The Morgan fingerprint density at radius 2 is 1.97 bits per heavy atom. The number of aromatic nitrogens is 5. The molecule has 2 bridgehead atoms. The van der Waals surface area contributed by atoms with Crippen LogP contribution in [0.5, 0.6) is 0 Å². The number of carbonyl (C=O) groups is 1. The van der Waals surface area contributed by atoms with E-state index in [1.165, 1.54) is 18.4 Å². The highest BCUT2D eigenvalue weighted by Gasteiger charge is 2.44. The minimum absolute atomic E-state index is 0.00250. The molecule has 2 aromatic rings. The number of anilines is 1. The first kappa shape index (κ1) is 19.5. The average molecular weight is 410 g/mol. The number of aryl methyl sites for hydroxylation is 3. The number of nitrogens with zero attached hydrogens (tertiary/aromatic N) is 6. The van der Waals surface area contributed by atoms with Gasteiger partial charge in [0.2, 0.25) is 5.91 Å². The molecule has 1 aliphatic carbocycles. The topological polar surface area (TPSA) is 88.8 Å². The van der Waals surface area contributed by atoms with Crippen molar-refractivity contribution < 1.29 is 4.79 Å². The molecule has 1 saturated carbocycles. The quantitative estimate of drug-likeness (QED) is 0.812. The number of piperidine rings is 1. The monoisotopic (exact) mass is 409 g/mol. The zero-order valence-corrected chi connectivity index (χ0v) is 17.9. The number of fused-ring (bicyclic) bond motifs is 3. The fourth-order valence-electron chi connectivity index (χ4n) is 5.57. The molecule has 8 nitrogen and oxygen atoms in total. The fourth-order valence-corrected chi connectivity index (χ4v) is 5.57. The maximum absolute atomic E-state index is 13.0. The van der Waals surface area contributed by atoms with Crippen molar-refractivity contribution in [2.45, 2.75) is 65.0 Å². The van der Waals surface area contributed by atoms with Crippen LogP contribution < -0.4 is 10.2 Å². The second-order valence-electron chi connectivity index (χ2n) is 9.15. The summed E-state index contributed by atoms with van der Waals surface area (Å²) in [5.74, 6) is 4.10. The van der Waals surface area contributed by atoms with Crippen molar-refractivity contribution in [1.82, 2.24) is 30.0 Å². The van der Waals surface area contributed by atoms with E-state index in [2.05, 4.69) is 32.2 Å². The van der Waals surface area contributed by atoms with E-state index in [9.17, 15) is 4.79 Å². The summed E-state index contributed by atoms with van der Waals surface area (Å²) in [5.41, 5.74) is 1.25. The molecule has 30 heavy (non-hydrogen) atoms. The van der Waals surface area contributed by atoms with Crippen LogP contribution in [-0.2, 0) is 24.2 Å². The minimum atomic E-state index is -0.00250.